The summed E-state index contributed by atoms with van der Waals surface area (Å²) in [5.74, 6) is 0.0809. The van der Waals surface area contributed by atoms with E-state index in [9.17, 15) is 14.0 Å². The zero-order chi connectivity index (χ0) is 19.9. The van der Waals surface area contributed by atoms with Gasteiger partial charge in [0.1, 0.15) is 24.0 Å². The Bertz CT molecular complexity index is 928. The van der Waals surface area contributed by atoms with E-state index < -0.39 is 5.82 Å². The molecule has 3 saturated carbocycles. The highest BCUT2D eigenvalue weighted by molar-refractivity contribution is 6.30. The molecule has 3 aliphatic carbocycles. The molecular formula is C20H19ClFN3O3. The molecule has 1 heterocycles. The molecule has 0 unspecified atom stereocenters. The van der Waals surface area contributed by atoms with Crippen LogP contribution in [-0.2, 0) is 4.79 Å². The van der Waals surface area contributed by atoms with Crippen molar-refractivity contribution in [2.75, 3.05) is 6.61 Å². The number of ketones is 1. The van der Waals surface area contributed by atoms with E-state index in [4.69, 9.17) is 16.3 Å². The quantitative estimate of drug-likeness (QED) is 0.767. The van der Waals surface area contributed by atoms with Gasteiger partial charge in [0.05, 0.1) is 10.6 Å². The lowest BCUT2D eigenvalue weighted by atomic mass is 9.38. The van der Waals surface area contributed by atoms with E-state index in [1.807, 2.05) is 0 Å². The summed E-state index contributed by atoms with van der Waals surface area (Å²) in [6.45, 7) is 1.65. The molecule has 3 fully saturated rings. The van der Waals surface area contributed by atoms with Gasteiger partial charge in [-0.25, -0.2) is 14.4 Å². The van der Waals surface area contributed by atoms with Crippen LogP contribution in [0.3, 0.4) is 0 Å². The molecule has 2 aromatic rings. The first-order valence-corrected chi connectivity index (χ1v) is 9.37. The van der Waals surface area contributed by atoms with E-state index in [0.717, 1.165) is 25.3 Å². The van der Waals surface area contributed by atoms with Crippen LogP contribution in [0.15, 0.2) is 30.6 Å². The smallest absolute Gasteiger partial charge is 0.254 e. The van der Waals surface area contributed by atoms with Gasteiger partial charge in [-0.1, -0.05) is 11.6 Å². The molecule has 0 radical (unpaired) electrons. The Hall–Kier alpha value is -2.54. The van der Waals surface area contributed by atoms with Crippen LogP contribution < -0.4 is 10.1 Å². The number of ether oxygens (including phenoxy) is 1. The lowest BCUT2D eigenvalue weighted by molar-refractivity contribution is -0.162. The first-order valence-electron chi connectivity index (χ1n) is 8.99. The van der Waals surface area contributed by atoms with Gasteiger partial charge >= 0.3 is 0 Å². The second-order valence-corrected chi connectivity index (χ2v) is 8.27. The Kier molecular flexibility index (Phi) is 4.57. The molecule has 146 valence electrons. The summed E-state index contributed by atoms with van der Waals surface area (Å²) in [5.41, 5.74) is 0.162. The van der Waals surface area contributed by atoms with Gasteiger partial charge in [0, 0.05) is 30.4 Å². The molecule has 2 bridgehead atoms. The fraction of sp³-hybridized carbons (Fsp3) is 0.400. The average Bonchev–Trinajstić information content (AvgIpc) is 2.60. The zero-order valence-corrected chi connectivity index (χ0v) is 16.1. The number of carbonyl (C=O) groups excluding carboxylic acids is 2. The minimum absolute atomic E-state index is 0.0112. The largest absolute Gasteiger partial charge is 0.486 e. The van der Waals surface area contributed by atoms with Crippen molar-refractivity contribution in [1.82, 2.24) is 15.3 Å². The normalized spacial score (nSPS) is 24.7. The van der Waals surface area contributed by atoms with Crippen molar-refractivity contribution in [3.63, 3.8) is 0 Å². The maximum atomic E-state index is 13.4. The fourth-order valence-electron chi connectivity index (χ4n) is 4.34. The molecule has 28 heavy (non-hydrogen) atoms. The predicted octanol–water partition coefficient (Wildman–Crippen LogP) is 3.27. The number of aryl methyl sites for hydroxylation is 1. The van der Waals surface area contributed by atoms with Crippen LogP contribution >= 0.6 is 11.6 Å². The molecule has 0 saturated heterocycles. The van der Waals surface area contributed by atoms with E-state index >= 15 is 0 Å². The highest BCUT2D eigenvalue weighted by Crippen LogP contribution is 2.69. The van der Waals surface area contributed by atoms with Gasteiger partial charge in [0.15, 0.2) is 5.78 Å². The third-order valence-electron chi connectivity index (χ3n) is 5.43. The molecule has 6 nitrogen and oxygen atoms in total. The molecule has 0 aliphatic heterocycles. The minimum Gasteiger partial charge on any atom is -0.486 e. The van der Waals surface area contributed by atoms with Gasteiger partial charge in [0.25, 0.3) is 5.91 Å². The van der Waals surface area contributed by atoms with Gasteiger partial charge in [-0.3, -0.25) is 9.59 Å². The standard InChI is InChI=1S/C20H19ClFN3O3/c1-12-23-6-13(7-24-12)18(27)25-20-9-19(10-20,11-20)5-14(26)8-28-15-2-3-16(21)17(22)4-15/h2-4,6-7H,5,8-11H2,1H3,(H,25,27). The van der Waals surface area contributed by atoms with Gasteiger partial charge < -0.3 is 10.1 Å². The van der Waals surface area contributed by atoms with Gasteiger partial charge in [-0.2, -0.15) is 0 Å². The maximum absolute atomic E-state index is 13.4. The van der Waals surface area contributed by atoms with Crippen LogP contribution in [0.5, 0.6) is 5.75 Å². The molecular weight excluding hydrogens is 385 g/mol. The summed E-state index contributed by atoms with van der Waals surface area (Å²) >= 11 is 5.62. The summed E-state index contributed by atoms with van der Waals surface area (Å²) < 4.78 is 18.8. The van der Waals surface area contributed by atoms with Gasteiger partial charge in [0.2, 0.25) is 0 Å². The number of hydrogen-bond acceptors (Lipinski definition) is 5. The summed E-state index contributed by atoms with van der Waals surface area (Å²) in [7, 11) is 0. The lowest BCUT2D eigenvalue weighted by Gasteiger charge is -2.70. The Morgan fingerprint density at radius 3 is 2.57 bits per heavy atom. The van der Waals surface area contributed by atoms with E-state index in [2.05, 4.69) is 15.3 Å². The number of halogens is 2. The lowest BCUT2D eigenvalue weighted by Crippen LogP contribution is -2.75. The monoisotopic (exact) mass is 403 g/mol. The first kappa shape index (κ1) is 18.8. The summed E-state index contributed by atoms with van der Waals surface area (Å²) in [5, 5.41) is 3.06. The number of Topliss-reactive ketones (excluding diaryl/α,β-unsaturated/α-hetero) is 1. The average molecular weight is 404 g/mol. The van der Waals surface area contributed by atoms with E-state index in [-0.39, 0.29) is 40.0 Å². The van der Waals surface area contributed by atoms with Crippen LogP contribution in [0, 0.1) is 18.2 Å². The summed E-state index contributed by atoms with van der Waals surface area (Å²) in [6, 6.07) is 4.08. The van der Waals surface area contributed by atoms with Crippen molar-refractivity contribution in [3.8, 4) is 5.75 Å². The molecule has 0 atom stereocenters. The van der Waals surface area contributed by atoms with Crippen LogP contribution in [-0.4, -0.2) is 33.8 Å². The number of hydrogen-bond donors (Lipinski definition) is 1. The summed E-state index contributed by atoms with van der Waals surface area (Å²) in [6.07, 6.45) is 5.76. The Morgan fingerprint density at radius 2 is 1.93 bits per heavy atom. The fourth-order valence-corrected chi connectivity index (χ4v) is 4.46. The molecule has 5 rings (SSSR count). The van der Waals surface area contributed by atoms with Crippen LogP contribution in [0.1, 0.15) is 41.9 Å². The van der Waals surface area contributed by atoms with Gasteiger partial charge in [-0.15, -0.1) is 0 Å². The van der Waals surface area contributed by atoms with Crippen molar-refractivity contribution in [2.24, 2.45) is 5.41 Å². The number of nitrogens with one attached hydrogen (secondary N) is 1. The second-order valence-electron chi connectivity index (χ2n) is 7.86. The zero-order valence-electron chi connectivity index (χ0n) is 15.3. The molecule has 0 spiro atoms. The number of carbonyl (C=O) groups is 2. The molecule has 3 aliphatic rings. The van der Waals surface area contributed by atoms with Crippen molar-refractivity contribution in [3.05, 3.63) is 52.8 Å². The molecule has 1 amide bonds. The Morgan fingerprint density at radius 1 is 1.25 bits per heavy atom. The van der Waals surface area contributed by atoms with E-state index in [1.165, 1.54) is 24.5 Å². The molecule has 1 aromatic heterocycles. The third kappa shape index (κ3) is 3.58. The second kappa shape index (κ2) is 6.81. The highest BCUT2D eigenvalue weighted by Gasteiger charge is 2.68. The SMILES string of the molecule is Cc1ncc(C(=O)NC23CC(CC(=O)COc4ccc(Cl)c(F)c4)(C2)C3)cn1. The first-order chi connectivity index (χ1) is 13.3. The number of nitrogens with zero attached hydrogens (tertiary/aromatic N) is 2. The minimum atomic E-state index is -0.581. The number of rotatable bonds is 7. The number of benzene rings is 1. The number of aromatic nitrogens is 2. The third-order valence-corrected chi connectivity index (χ3v) is 5.73. The van der Waals surface area contributed by atoms with Crippen molar-refractivity contribution < 1.29 is 18.7 Å². The van der Waals surface area contributed by atoms with Crippen molar-refractivity contribution in [1.29, 1.82) is 0 Å². The van der Waals surface area contributed by atoms with Crippen LogP contribution in [0.25, 0.3) is 0 Å². The van der Waals surface area contributed by atoms with E-state index in [0.29, 0.717) is 17.8 Å². The Balaban J connectivity index is 1.24. The van der Waals surface area contributed by atoms with Crippen LogP contribution in [0.4, 0.5) is 4.39 Å². The van der Waals surface area contributed by atoms with E-state index in [1.54, 1.807) is 6.92 Å². The van der Waals surface area contributed by atoms with Crippen LogP contribution in [0.2, 0.25) is 5.02 Å². The van der Waals surface area contributed by atoms with Gasteiger partial charge in [-0.05, 0) is 43.7 Å². The predicted molar refractivity (Wildman–Crippen MR) is 99.8 cm³/mol. The molecule has 1 aromatic carbocycles. The topological polar surface area (TPSA) is 81.2 Å². The molecule has 1 N–H and O–H groups in total. The molecule has 8 heteroatoms. The summed E-state index contributed by atoms with van der Waals surface area (Å²) in [4.78, 5) is 32.6. The Labute approximate surface area is 166 Å². The highest BCUT2D eigenvalue weighted by atomic mass is 35.5. The van der Waals surface area contributed by atoms with Crippen molar-refractivity contribution >= 4 is 23.3 Å². The maximum Gasteiger partial charge on any atom is 0.254 e. The number of amides is 1. The van der Waals surface area contributed by atoms with Crippen molar-refractivity contribution in [2.45, 2.75) is 38.1 Å².